The van der Waals surface area contributed by atoms with Crippen LogP contribution in [0, 0.1) is 20.2 Å². The molecule has 0 aromatic heterocycles. The summed E-state index contributed by atoms with van der Waals surface area (Å²) in [4.78, 5) is 45.2. The van der Waals surface area contributed by atoms with Crippen molar-refractivity contribution >= 4 is 47.1 Å². The summed E-state index contributed by atoms with van der Waals surface area (Å²) in [5.74, 6) is -1.46. The topological polar surface area (TPSA) is 154 Å². The summed E-state index contributed by atoms with van der Waals surface area (Å²) in [6.45, 7) is 0. The summed E-state index contributed by atoms with van der Waals surface area (Å²) in [7, 11) is 0. The molecule has 1 amide bonds. The van der Waals surface area contributed by atoms with Gasteiger partial charge in [-0.25, -0.2) is 10.2 Å². The molecule has 176 valence electrons. The molecule has 0 aliphatic heterocycles. The predicted octanol–water partition coefficient (Wildman–Crippen LogP) is 4.54. The highest BCUT2D eigenvalue weighted by molar-refractivity contribution is 6.30. The Balaban J connectivity index is 1.76. The SMILES string of the molecule is O=C(/C=C/c1cccc([N+](=O)[O-])c1)Oc1ccc([N+](=O)[O-])cc1/C=N/NC(=O)c1ccc(Cl)cc1. The van der Waals surface area contributed by atoms with Crippen LogP contribution in [0.2, 0.25) is 5.02 Å². The maximum absolute atomic E-state index is 12.3. The van der Waals surface area contributed by atoms with E-state index in [1.54, 1.807) is 6.07 Å². The third kappa shape index (κ3) is 7.04. The lowest BCUT2D eigenvalue weighted by Gasteiger charge is -2.06. The lowest BCUT2D eigenvalue weighted by molar-refractivity contribution is -0.385. The molecule has 3 aromatic carbocycles. The standard InChI is InChI=1S/C23H15ClN4O7/c24-18-7-5-16(6-8-18)23(30)26-25-14-17-13-20(28(33)34)9-10-21(17)35-22(29)11-4-15-2-1-3-19(12-15)27(31)32/h1-14H,(H,26,30)/b11-4+,25-14+. The van der Waals surface area contributed by atoms with Gasteiger partial charge in [0.2, 0.25) is 0 Å². The fourth-order valence-electron chi connectivity index (χ4n) is 2.72. The monoisotopic (exact) mass is 494 g/mol. The second-order valence-electron chi connectivity index (χ2n) is 6.79. The number of rotatable bonds is 8. The first-order chi connectivity index (χ1) is 16.7. The molecule has 12 heteroatoms. The van der Waals surface area contributed by atoms with Gasteiger partial charge in [0.25, 0.3) is 17.3 Å². The molecule has 3 aromatic rings. The van der Waals surface area contributed by atoms with Crippen LogP contribution < -0.4 is 10.2 Å². The first-order valence-corrected chi connectivity index (χ1v) is 10.1. The molecule has 3 rings (SSSR count). The lowest BCUT2D eigenvalue weighted by atomic mass is 10.2. The van der Waals surface area contributed by atoms with Crippen LogP contribution in [-0.2, 0) is 4.79 Å². The zero-order valence-electron chi connectivity index (χ0n) is 17.7. The number of ether oxygens (including phenoxy) is 1. The summed E-state index contributed by atoms with van der Waals surface area (Å²) < 4.78 is 5.23. The molecule has 35 heavy (non-hydrogen) atoms. The van der Waals surface area contributed by atoms with E-state index < -0.39 is 21.7 Å². The van der Waals surface area contributed by atoms with Crippen molar-refractivity contribution < 1.29 is 24.2 Å². The molecular formula is C23H15ClN4O7. The number of carbonyl (C=O) groups excluding carboxylic acids is 2. The Morgan fingerprint density at radius 3 is 2.31 bits per heavy atom. The molecular weight excluding hydrogens is 480 g/mol. The Bertz CT molecular complexity index is 1350. The van der Waals surface area contributed by atoms with Crippen molar-refractivity contribution in [3.8, 4) is 5.75 Å². The molecule has 0 aliphatic rings. The zero-order chi connectivity index (χ0) is 25.4. The fourth-order valence-corrected chi connectivity index (χ4v) is 2.84. The van der Waals surface area contributed by atoms with Gasteiger partial charge in [0.05, 0.1) is 16.1 Å². The van der Waals surface area contributed by atoms with Crippen molar-refractivity contribution in [1.82, 2.24) is 5.43 Å². The van der Waals surface area contributed by atoms with Crippen molar-refractivity contribution in [1.29, 1.82) is 0 Å². The number of nitro benzene ring substituents is 2. The number of benzene rings is 3. The average molecular weight is 495 g/mol. The van der Waals surface area contributed by atoms with Crippen LogP contribution >= 0.6 is 11.6 Å². The largest absolute Gasteiger partial charge is 0.423 e. The number of carbonyl (C=O) groups is 2. The number of nitrogens with zero attached hydrogens (tertiary/aromatic N) is 3. The second-order valence-corrected chi connectivity index (χ2v) is 7.23. The maximum atomic E-state index is 12.3. The molecule has 0 heterocycles. The highest BCUT2D eigenvalue weighted by atomic mass is 35.5. The lowest BCUT2D eigenvalue weighted by Crippen LogP contribution is -2.17. The summed E-state index contributed by atoms with van der Waals surface area (Å²) in [5, 5.41) is 26.2. The maximum Gasteiger partial charge on any atom is 0.336 e. The third-order valence-electron chi connectivity index (χ3n) is 4.38. The van der Waals surface area contributed by atoms with Gasteiger partial charge < -0.3 is 4.74 Å². The molecule has 0 radical (unpaired) electrons. The van der Waals surface area contributed by atoms with Gasteiger partial charge in [-0.2, -0.15) is 5.10 Å². The first kappa shape index (κ1) is 24.7. The molecule has 0 aliphatic carbocycles. The Kier molecular flexibility index (Phi) is 7.98. The quantitative estimate of drug-likeness (QED) is 0.120. The summed E-state index contributed by atoms with van der Waals surface area (Å²) in [6, 6.07) is 15.1. The minimum Gasteiger partial charge on any atom is -0.423 e. The van der Waals surface area contributed by atoms with E-state index in [1.807, 2.05) is 0 Å². The molecule has 0 saturated carbocycles. The number of halogens is 1. The molecule has 0 bridgehead atoms. The Hall–Kier alpha value is -4.90. The minimum atomic E-state index is -0.842. The fraction of sp³-hybridized carbons (Fsp3) is 0. The van der Waals surface area contributed by atoms with Crippen molar-refractivity contribution in [2.24, 2.45) is 5.10 Å². The van der Waals surface area contributed by atoms with Gasteiger partial charge in [-0.15, -0.1) is 0 Å². The smallest absolute Gasteiger partial charge is 0.336 e. The zero-order valence-corrected chi connectivity index (χ0v) is 18.4. The number of non-ortho nitro benzene ring substituents is 2. The Labute approximate surface area is 202 Å². The number of nitro groups is 2. The molecule has 0 atom stereocenters. The Morgan fingerprint density at radius 1 is 0.943 bits per heavy atom. The molecule has 0 saturated heterocycles. The average Bonchev–Trinajstić information content (AvgIpc) is 2.84. The van der Waals surface area contributed by atoms with Gasteiger partial charge in [-0.1, -0.05) is 23.7 Å². The van der Waals surface area contributed by atoms with E-state index in [1.165, 1.54) is 54.6 Å². The second kappa shape index (κ2) is 11.3. The molecule has 0 fully saturated rings. The van der Waals surface area contributed by atoms with Gasteiger partial charge in [0.1, 0.15) is 5.75 Å². The van der Waals surface area contributed by atoms with Crippen LogP contribution in [0.15, 0.2) is 77.9 Å². The van der Waals surface area contributed by atoms with E-state index in [0.29, 0.717) is 10.6 Å². The Morgan fingerprint density at radius 2 is 1.63 bits per heavy atom. The van der Waals surface area contributed by atoms with E-state index in [-0.39, 0.29) is 28.3 Å². The van der Waals surface area contributed by atoms with Gasteiger partial charge in [-0.05, 0) is 42.0 Å². The van der Waals surface area contributed by atoms with E-state index in [0.717, 1.165) is 24.4 Å². The number of amides is 1. The van der Waals surface area contributed by atoms with Crippen molar-refractivity contribution in [2.75, 3.05) is 0 Å². The van der Waals surface area contributed by atoms with Crippen molar-refractivity contribution in [3.05, 3.63) is 115 Å². The van der Waals surface area contributed by atoms with Crippen LogP contribution in [0.5, 0.6) is 5.75 Å². The number of hydrazone groups is 1. The van der Waals surface area contributed by atoms with Crippen molar-refractivity contribution in [2.45, 2.75) is 0 Å². The van der Waals surface area contributed by atoms with E-state index in [2.05, 4.69) is 10.5 Å². The third-order valence-corrected chi connectivity index (χ3v) is 4.64. The van der Waals surface area contributed by atoms with Crippen LogP contribution in [0.4, 0.5) is 11.4 Å². The summed E-state index contributed by atoms with van der Waals surface area (Å²) >= 11 is 5.79. The van der Waals surface area contributed by atoms with Crippen LogP contribution in [0.25, 0.3) is 6.08 Å². The van der Waals surface area contributed by atoms with Crippen LogP contribution in [0.3, 0.4) is 0 Å². The summed E-state index contributed by atoms with van der Waals surface area (Å²) in [5.41, 5.74) is 2.56. The molecule has 11 nitrogen and oxygen atoms in total. The number of nitrogens with one attached hydrogen (secondary N) is 1. The minimum absolute atomic E-state index is 0.0488. The molecule has 0 unspecified atom stereocenters. The summed E-state index contributed by atoms with van der Waals surface area (Å²) in [6.07, 6.45) is 3.46. The number of esters is 1. The van der Waals surface area contributed by atoms with Gasteiger partial charge in [-0.3, -0.25) is 25.0 Å². The van der Waals surface area contributed by atoms with Crippen LogP contribution in [0.1, 0.15) is 21.5 Å². The first-order valence-electron chi connectivity index (χ1n) is 9.74. The highest BCUT2D eigenvalue weighted by Crippen LogP contribution is 2.23. The number of hydrogen-bond donors (Lipinski definition) is 1. The van der Waals surface area contributed by atoms with Crippen molar-refractivity contribution in [3.63, 3.8) is 0 Å². The highest BCUT2D eigenvalue weighted by Gasteiger charge is 2.13. The van der Waals surface area contributed by atoms with Crippen LogP contribution in [-0.4, -0.2) is 27.9 Å². The van der Waals surface area contributed by atoms with Gasteiger partial charge in [0, 0.05) is 46.5 Å². The van der Waals surface area contributed by atoms with E-state index >= 15 is 0 Å². The normalized spacial score (nSPS) is 10.9. The number of hydrogen-bond acceptors (Lipinski definition) is 8. The molecule has 0 spiro atoms. The van der Waals surface area contributed by atoms with Gasteiger partial charge >= 0.3 is 5.97 Å². The molecule has 1 N–H and O–H groups in total. The van der Waals surface area contributed by atoms with Gasteiger partial charge in [0.15, 0.2) is 0 Å². The van der Waals surface area contributed by atoms with E-state index in [4.69, 9.17) is 16.3 Å². The predicted molar refractivity (Wildman–Crippen MR) is 127 cm³/mol. The van der Waals surface area contributed by atoms with E-state index in [9.17, 15) is 29.8 Å².